The third kappa shape index (κ3) is 73.9. The molecule has 0 amide bonds. The largest absolute Gasteiger partial charge is 0.999 e. The summed E-state index contributed by atoms with van der Waals surface area (Å²) in [5.74, 6) is -0.495. The molecule has 17 heavy (non-hydrogen) atoms. The number of carbonyl (C=O) groups excluding carboxylic acids is 1. The molecule has 1 aromatic rings. The van der Waals surface area contributed by atoms with Crippen molar-refractivity contribution in [2.45, 2.75) is 0 Å². The quantitative estimate of drug-likeness (QED) is 0.302. The van der Waals surface area contributed by atoms with E-state index in [1.54, 1.807) is 6.07 Å². The Labute approximate surface area is 115 Å². The minimum Gasteiger partial charge on any atom is -0.999 e. The van der Waals surface area contributed by atoms with Gasteiger partial charge in [-0.25, -0.2) is 0 Å². The molecule has 0 saturated carbocycles. The van der Waals surface area contributed by atoms with Crippen LogP contribution >= 0.6 is 0 Å². The van der Waals surface area contributed by atoms with Crippen molar-refractivity contribution in [2.24, 2.45) is 0 Å². The topological polar surface area (TPSA) is 86.0 Å². The molecular formula is C11H6MoO5-6. The monoisotopic (exact) mass is 316 g/mol. The van der Waals surface area contributed by atoms with E-state index < -0.39 is 5.97 Å². The predicted octanol–water partition coefficient (Wildman–Crippen LogP) is 0.485. The Hall–Kier alpha value is -1.40. The fraction of sp³-hybridized carbons (Fsp3) is 0.0909. The minimum absolute atomic E-state index is 0. The number of hydrogen-bond acceptors (Lipinski definition) is 2. The standard InChI is InChI=1S/C5H.C3H5O2.3CO.Mo/c1-2-4-5-3-1;1-3(4)5-2;3*1-2;/h1H;1H2,2H3;;;;/q-5;-1;;;;. The van der Waals surface area contributed by atoms with Gasteiger partial charge in [0.2, 0.25) is 0 Å². The van der Waals surface area contributed by atoms with Gasteiger partial charge in [-0.1, -0.05) is 0 Å². The fourth-order valence-corrected chi connectivity index (χ4v) is 0.180. The van der Waals surface area contributed by atoms with Crippen LogP contribution in [0, 0.1) is 51.1 Å². The summed E-state index contributed by atoms with van der Waals surface area (Å²) < 4.78 is 26.5. The Morgan fingerprint density at radius 1 is 1.12 bits per heavy atom. The van der Waals surface area contributed by atoms with E-state index in [2.05, 4.69) is 55.9 Å². The van der Waals surface area contributed by atoms with Gasteiger partial charge in [0, 0.05) is 21.1 Å². The molecule has 0 aliphatic heterocycles. The van der Waals surface area contributed by atoms with Crippen LogP contribution < -0.4 is 0 Å². The normalized spacial score (nSPS) is 4.65. The van der Waals surface area contributed by atoms with Crippen molar-refractivity contribution in [3.8, 4) is 0 Å². The molecule has 0 atom stereocenters. The van der Waals surface area contributed by atoms with Gasteiger partial charge in [0.25, 0.3) is 0 Å². The second-order valence-electron chi connectivity index (χ2n) is 1.26. The van der Waals surface area contributed by atoms with Gasteiger partial charge in [0.05, 0.1) is 7.11 Å². The van der Waals surface area contributed by atoms with Crippen LogP contribution in [0.4, 0.5) is 0 Å². The molecule has 0 radical (unpaired) electrons. The van der Waals surface area contributed by atoms with Crippen molar-refractivity contribution < 1.29 is 44.6 Å². The Bertz CT molecular complexity index is 230. The average Bonchev–Trinajstić information content (AvgIpc) is 2.95. The summed E-state index contributed by atoms with van der Waals surface area (Å²) in [4.78, 5) is 9.48. The second kappa shape index (κ2) is 46.8. The Morgan fingerprint density at radius 2 is 1.35 bits per heavy atom. The maximum atomic E-state index is 9.48. The van der Waals surface area contributed by atoms with Crippen molar-refractivity contribution in [3.05, 3.63) is 57.2 Å². The summed E-state index contributed by atoms with van der Waals surface area (Å²) in [6.07, 6.45) is 0. The molecule has 0 unspecified atom stereocenters. The van der Waals surface area contributed by atoms with Gasteiger partial charge in [-0.15, -0.1) is 0 Å². The zero-order chi connectivity index (χ0) is 13.8. The van der Waals surface area contributed by atoms with Gasteiger partial charge in [-0.3, -0.25) is 11.7 Å². The van der Waals surface area contributed by atoms with Crippen LogP contribution in [0.25, 0.3) is 0 Å². The van der Waals surface area contributed by atoms with Crippen molar-refractivity contribution in [2.75, 3.05) is 7.11 Å². The Balaban J connectivity index is -0.0000000380. The molecule has 0 aliphatic rings. The molecule has 0 aromatic heterocycles. The third-order valence-electron chi connectivity index (χ3n) is 0.579. The van der Waals surface area contributed by atoms with Crippen LogP contribution in [0.15, 0.2) is 6.07 Å². The van der Waals surface area contributed by atoms with E-state index in [0.29, 0.717) is 0 Å². The van der Waals surface area contributed by atoms with Crippen LogP contribution in [0.1, 0.15) is 0 Å². The van der Waals surface area contributed by atoms with Crippen molar-refractivity contribution in [3.63, 3.8) is 0 Å². The van der Waals surface area contributed by atoms with Crippen molar-refractivity contribution in [1.82, 2.24) is 0 Å². The summed E-state index contributed by atoms with van der Waals surface area (Å²) in [5.41, 5.74) is 0. The zero-order valence-corrected chi connectivity index (χ0v) is 10.7. The maximum absolute atomic E-state index is 9.48. The summed E-state index contributed by atoms with van der Waals surface area (Å²) in [6.45, 7) is 16.4. The van der Waals surface area contributed by atoms with Gasteiger partial charge in [0.1, 0.15) is 0 Å². The van der Waals surface area contributed by atoms with Crippen LogP contribution in [-0.2, 0) is 44.6 Å². The van der Waals surface area contributed by atoms with Gasteiger partial charge in [0.15, 0.2) is 5.97 Å². The SMILES string of the molecule is [C-]#[O+].[C-]#[O+].[C-]#[O+].[CH2-]C(=O)OC.[Mo].[c-]1[c-][c-][cH-][c-]1. The van der Waals surface area contributed by atoms with Crippen molar-refractivity contribution in [1.29, 1.82) is 0 Å². The molecule has 0 aliphatic carbocycles. The van der Waals surface area contributed by atoms with E-state index in [1.165, 1.54) is 7.11 Å². The average molecular weight is 314 g/mol. The number of hydrogen-bond donors (Lipinski definition) is 0. The zero-order valence-electron chi connectivity index (χ0n) is 8.73. The van der Waals surface area contributed by atoms with Crippen LogP contribution in [0.2, 0.25) is 0 Å². The Kier molecular flexibility index (Phi) is 81.4. The molecule has 0 bridgehead atoms. The Morgan fingerprint density at radius 3 is 1.41 bits per heavy atom. The summed E-state index contributed by atoms with van der Waals surface area (Å²) in [6, 6.07) is 12.0. The minimum atomic E-state index is -0.495. The van der Waals surface area contributed by atoms with Gasteiger partial charge in [-0.2, -0.15) is 0 Å². The molecule has 0 N–H and O–H groups in total. The number of carbonyl (C=O) groups is 1. The summed E-state index contributed by atoms with van der Waals surface area (Å²) >= 11 is 0. The molecule has 1 aromatic carbocycles. The first-order valence-corrected chi connectivity index (χ1v) is 3.11. The number of rotatable bonds is 0. The molecule has 6 heteroatoms. The van der Waals surface area contributed by atoms with Gasteiger partial charge >= 0.3 is 33.9 Å². The van der Waals surface area contributed by atoms with E-state index >= 15 is 0 Å². The summed E-state index contributed by atoms with van der Waals surface area (Å²) in [5, 5.41) is 0. The van der Waals surface area contributed by atoms with Gasteiger partial charge in [-0.05, 0) is 0 Å². The van der Waals surface area contributed by atoms with E-state index in [-0.39, 0.29) is 21.1 Å². The molecule has 0 saturated heterocycles. The molecule has 92 valence electrons. The molecule has 1 rings (SSSR count). The van der Waals surface area contributed by atoms with E-state index in [9.17, 15) is 4.79 Å². The van der Waals surface area contributed by atoms with Crippen LogP contribution in [0.5, 0.6) is 0 Å². The first kappa shape index (κ1) is 29.6. The first-order valence-electron chi connectivity index (χ1n) is 3.11. The van der Waals surface area contributed by atoms with E-state index in [0.717, 1.165) is 0 Å². The maximum Gasteiger partial charge on any atom is 0.164 e. The van der Waals surface area contributed by atoms with E-state index in [1.807, 2.05) is 0 Å². The fourth-order valence-electron chi connectivity index (χ4n) is 0.180. The summed E-state index contributed by atoms with van der Waals surface area (Å²) in [7, 11) is 1.29. The second-order valence-corrected chi connectivity index (χ2v) is 1.26. The smallest absolute Gasteiger partial charge is 0.164 e. The predicted molar refractivity (Wildman–Crippen MR) is 46.5 cm³/mol. The first-order chi connectivity index (χ1) is 7.77. The number of methoxy groups -OCH3 is 1. The molecule has 5 nitrogen and oxygen atoms in total. The van der Waals surface area contributed by atoms with E-state index in [4.69, 9.17) is 14.0 Å². The molecule has 0 spiro atoms. The molecular weight excluding hydrogens is 308 g/mol. The van der Waals surface area contributed by atoms with Gasteiger partial charge < -0.3 is 35.1 Å². The van der Waals surface area contributed by atoms with Crippen LogP contribution in [-0.4, -0.2) is 13.1 Å². The van der Waals surface area contributed by atoms with Crippen LogP contribution in [0.3, 0.4) is 0 Å². The number of esters is 1. The molecule has 0 heterocycles. The third-order valence-corrected chi connectivity index (χ3v) is 0.579. The number of ether oxygens (including phenoxy) is 1. The molecule has 0 fully saturated rings. The van der Waals surface area contributed by atoms with Crippen molar-refractivity contribution >= 4 is 5.97 Å².